The average molecular weight is 334 g/mol. The molecule has 0 aliphatic rings. The van der Waals surface area contributed by atoms with E-state index in [-0.39, 0.29) is 11.3 Å². The number of amides is 1. The molecule has 3 heteroatoms. The summed E-state index contributed by atoms with van der Waals surface area (Å²) in [5, 5.41) is 3.03. The van der Waals surface area contributed by atoms with E-state index >= 15 is 0 Å². The Kier molecular flexibility index (Phi) is 8.30. The van der Waals surface area contributed by atoms with E-state index in [1.54, 1.807) is 6.92 Å². The molecule has 0 saturated carbocycles. The Hall–Kier alpha value is -1.51. The summed E-state index contributed by atoms with van der Waals surface area (Å²) in [6.07, 6.45) is 4.23. The fourth-order valence-corrected chi connectivity index (χ4v) is 2.62. The van der Waals surface area contributed by atoms with Gasteiger partial charge in [0.1, 0.15) is 5.75 Å². The molecule has 1 aromatic carbocycles. The van der Waals surface area contributed by atoms with Crippen molar-refractivity contribution in [3.8, 4) is 5.75 Å². The number of ether oxygens (including phenoxy) is 1. The van der Waals surface area contributed by atoms with E-state index in [9.17, 15) is 4.79 Å². The summed E-state index contributed by atoms with van der Waals surface area (Å²) < 4.78 is 5.78. The van der Waals surface area contributed by atoms with Crippen LogP contribution < -0.4 is 10.1 Å². The fourth-order valence-electron chi connectivity index (χ4n) is 2.62. The lowest BCUT2D eigenvalue weighted by Gasteiger charge is -2.21. The van der Waals surface area contributed by atoms with Crippen molar-refractivity contribution in [3.05, 3.63) is 29.8 Å². The molecule has 0 unspecified atom stereocenters. The summed E-state index contributed by atoms with van der Waals surface area (Å²) >= 11 is 0. The van der Waals surface area contributed by atoms with Crippen LogP contribution in [0.1, 0.15) is 72.8 Å². The molecule has 3 nitrogen and oxygen atoms in total. The van der Waals surface area contributed by atoms with Gasteiger partial charge in [0.25, 0.3) is 5.91 Å². The number of unbranched alkanes of at least 4 members (excludes halogenated alkanes) is 1. The Labute approximate surface area is 148 Å². The van der Waals surface area contributed by atoms with E-state index in [4.69, 9.17) is 4.74 Å². The van der Waals surface area contributed by atoms with Crippen molar-refractivity contribution < 1.29 is 9.53 Å². The van der Waals surface area contributed by atoms with Gasteiger partial charge in [-0.05, 0) is 42.4 Å². The molecule has 1 N–H and O–H groups in total. The van der Waals surface area contributed by atoms with E-state index < -0.39 is 6.10 Å². The molecule has 0 fully saturated rings. The van der Waals surface area contributed by atoms with Crippen molar-refractivity contribution in [3.63, 3.8) is 0 Å². The van der Waals surface area contributed by atoms with Crippen LogP contribution in [-0.4, -0.2) is 18.6 Å². The van der Waals surface area contributed by atoms with Crippen LogP contribution >= 0.6 is 0 Å². The summed E-state index contributed by atoms with van der Waals surface area (Å²) in [4.78, 5) is 12.2. The minimum atomic E-state index is -0.478. The average Bonchev–Trinajstić information content (AvgIpc) is 2.54. The number of benzene rings is 1. The van der Waals surface area contributed by atoms with Gasteiger partial charge in [0, 0.05) is 6.54 Å². The Morgan fingerprint density at radius 1 is 1.17 bits per heavy atom. The maximum absolute atomic E-state index is 12.2. The third-order valence-corrected chi connectivity index (χ3v) is 4.51. The van der Waals surface area contributed by atoms with Crippen molar-refractivity contribution in [2.24, 2.45) is 5.92 Å². The van der Waals surface area contributed by atoms with Gasteiger partial charge in [-0.15, -0.1) is 0 Å². The summed E-state index contributed by atoms with van der Waals surface area (Å²) in [6.45, 7) is 13.5. The van der Waals surface area contributed by atoms with Gasteiger partial charge >= 0.3 is 0 Å². The van der Waals surface area contributed by atoms with Crippen LogP contribution in [0.25, 0.3) is 0 Å². The van der Waals surface area contributed by atoms with E-state index in [1.807, 2.05) is 12.1 Å². The topological polar surface area (TPSA) is 38.3 Å². The van der Waals surface area contributed by atoms with Gasteiger partial charge in [0.05, 0.1) is 0 Å². The number of carbonyl (C=O) groups excluding carboxylic acids is 1. The van der Waals surface area contributed by atoms with Gasteiger partial charge in [0.15, 0.2) is 6.10 Å². The zero-order valence-electron chi connectivity index (χ0n) is 16.3. The molecule has 0 heterocycles. The second kappa shape index (κ2) is 9.71. The molecule has 0 bridgehead atoms. The van der Waals surface area contributed by atoms with Crippen LogP contribution in [0.15, 0.2) is 24.3 Å². The van der Waals surface area contributed by atoms with Gasteiger partial charge in [0.2, 0.25) is 0 Å². The first-order valence-electron chi connectivity index (χ1n) is 9.32. The van der Waals surface area contributed by atoms with Crippen molar-refractivity contribution in [1.29, 1.82) is 0 Å². The highest BCUT2D eigenvalue weighted by Gasteiger charge is 2.17. The van der Waals surface area contributed by atoms with Gasteiger partial charge in [-0.3, -0.25) is 4.79 Å². The number of carbonyl (C=O) groups is 1. The molecule has 1 aromatic rings. The van der Waals surface area contributed by atoms with Crippen molar-refractivity contribution in [1.82, 2.24) is 5.32 Å². The molecular formula is C21H35NO2. The largest absolute Gasteiger partial charge is 0.481 e. The highest BCUT2D eigenvalue weighted by Crippen LogP contribution is 2.24. The zero-order valence-corrected chi connectivity index (χ0v) is 16.3. The zero-order chi connectivity index (χ0) is 18.2. The van der Waals surface area contributed by atoms with Crippen LogP contribution in [0.3, 0.4) is 0 Å². The molecule has 2 atom stereocenters. The fraction of sp³-hybridized carbons (Fsp3) is 0.667. The number of rotatable bonds is 9. The molecule has 0 aliphatic heterocycles. The minimum absolute atomic E-state index is 0.0372. The van der Waals surface area contributed by atoms with Crippen molar-refractivity contribution in [2.75, 3.05) is 6.54 Å². The van der Waals surface area contributed by atoms with Crippen LogP contribution in [-0.2, 0) is 10.2 Å². The predicted octanol–water partition coefficient (Wildman–Crippen LogP) is 5.08. The Bertz CT molecular complexity index is 488. The van der Waals surface area contributed by atoms with Gasteiger partial charge in [-0.2, -0.15) is 0 Å². The highest BCUT2D eigenvalue weighted by molar-refractivity contribution is 5.80. The molecular weight excluding hydrogens is 298 g/mol. The third kappa shape index (κ3) is 6.94. The SMILES string of the molecule is CCCC[C@@H](CC)CNC(=O)[C@H](C)Oc1ccc(C(C)(C)C)cc1. The van der Waals surface area contributed by atoms with E-state index in [1.165, 1.54) is 24.8 Å². The molecule has 0 saturated heterocycles. The Balaban J connectivity index is 2.48. The van der Waals surface area contributed by atoms with E-state index in [0.29, 0.717) is 5.92 Å². The third-order valence-electron chi connectivity index (χ3n) is 4.51. The Morgan fingerprint density at radius 2 is 1.79 bits per heavy atom. The molecule has 1 amide bonds. The number of hydrogen-bond donors (Lipinski definition) is 1. The maximum atomic E-state index is 12.2. The first-order chi connectivity index (χ1) is 11.3. The summed E-state index contributed by atoms with van der Waals surface area (Å²) in [7, 11) is 0. The quantitative estimate of drug-likeness (QED) is 0.684. The number of hydrogen-bond acceptors (Lipinski definition) is 2. The highest BCUT2D eigenvalue weighted by atomic mass is 16.5. The standard InChI is InChI=1S/C21H35NO2/c1-7-9-10-17(8-2)15-22-20(23)16(3)24-19-13-11-18(12-14-19)21(4,5)6/h11-14,16-17H,7-10,15H2,1-6H3,(H,22,23)/t16-,17+/m0/s1. The van der Waals surface area contributed by atoms with Crippen LogP contribution in [0, 0.1) is 5.92 Å². The monoisotopic (exact) mass is 333 g/mol. The minimum Gasteiger partial charge on any atom is -0.481 e. The molecule has 0 aliphatic carbocycles. The maximum Gasteiger partial charge on any atom is 0.260 e. The van der Waals surface area contributed by atoms with Gasteiger partial charge < -0.3 is 10.1 Å². The lowest BCUT2D eigenvalue weighted by Crippen LogP contribution is -2.38. The van der Waals surface area contributed by atoms with Crippen molar-refractivity contribution >= 4 is 5.91 Å². The normalized spacial score (nSPS) is 14.1. The molecule has 24 heavy (non-hydrogen) atoms. The Morgan fingerprint density at radius 3 is 2.29 bits per heavy atom. The first-order valence-corrected chi connectivity index (χ1v) is 9.32. The van der Waals surface area contributed by atoms with Crippen LogP contribution in [0.4, 0.5) is 0 Å². The van der Waals surface area contributed by atoms with Crippen LogP contribution in [0.2, 0.25) is 0 Å². The van der Waals surface area contributed by atoms with Crippen molar-refractivity contribution in [2.45, 2.75) is 78.7 Å². The van der Waals surface area contributed by atoms with Crippen LogP contribution in [0.5, 0.6) is 5.75 Å². The van der Waals surface area contributed by atoms with E-state index in [2.05, 4.69) is 52.1 Å². The first kappa shape index (κ1) is 20.5. The molecule has 0 radical (unpaired) electrons. The smallest absolute Gasteiger partial charge is 0.260 e. The molecule has 0 spiro atoms. The second-order valence-electron chi connectivity index (χ2n) is 7.70. The number of nitrogens with one attached hydrogen (secondary N) is 1. The van der Waals surface area contributed by atoms with Gasteiger partial charge in [-0.25, -0.2) is 0 Å². The summed E-state index contributed by atoms with van der Waals surface area (Å²) in [5.74, 6) is 1.26. The summed E-state index contributed by atoms with van der Waals surface area (Å²) in [5.41, 5.74) is 1.38. The lowest BCUT2D eigenvalue weighted by atomic mass is 9.87. The van der Waals surface area contributed by atoms with Gasteiger partial charge in [-0.1, -0.05) is 66.0 Å². The lowest BCUT2D eigenvalue weighted by molar-refractivity contribution is -0.127. The molecule has 1 rings (SSSR count). The summed E-state index contributed by atoms with van der Waals surface area (Å²) in [6, 6.07) is 8.02. The molecule has 136 valence electrons. The van der Waals surface area contributed by atoms with E-state index in [0.717, 1.165) is 18.7 Å². The second-order valence-corrected chi connectivity index (χ2v) is 7.70. The predicted molar refractivity (Wildman–Crippen MR) is 102 cm³/mol. The molecule has 0 aromatic heterocycles.